The molecule has 9 nitrogen and oxygen atoms in total. The van der Waals surface area contributed by atoms with Crippen molar-refractivity contribution in [1.82, 2.24) is 13.6 Å². The van der Waals surface area contributed by atoms with Gasteiger partial charge in [-0.3, -0.25) is 19.3 Å². The van der Waals surface area contributed by atoms with Gasteiger partial charge in [0.05, 0.1) is 34.1 Å². The van der Waals surface area contributed by atoms with Gasteiger partial charge in [-0.2, -0.15) is 8.75 Å². The Hall–Kier alpha value is -3.66. The summed E-state index contributed by atoms with van der Waals surface area (Å²) < 4.78 is 13.4. The number of ether oxygens (including phenoxy) is 1. The summed E-state index contributed by atoms with van der Waals surface area (Å²) in [5, 5.41) is 2.66. The van der Waals surface area contributed by atoms with Gasteiger partial charge in [-0.15, -0.1) is 0 Å². The van der Waals surface area contributed by atoms with Crippen molar-refractivity contribution in [3.8, 4) is 0 Å². The molecule has 0 saturated heterocycles. The summed E-state index contributed by atoms with van der Waals surface area (Å²) >= 11 is 1.04. The molecular formula is C23H20N4O5S. The molecule has 2 heterocycles. The van der Waals surface area contributed by atoms with Crippen LogP contribution in [-0.4, -0.2) is 50.0 Å². The van der Waals surface area contributed by atoms with E-state index in [1.54, 1.807) is 18.2 Å². The minimum atomic E-state index is -0.752. The predicted octanol–water partition coefficient (Wildman–Crippen LogP) is 3.42. The Kier molecular flexibility index (Phi) is 5.59. The van der Waals surface area contributed by atoms with Gasteiger partial charge >= 0.3 is 5.97 Å². The number of fused-ring (bicyclic) bond motifs is 2. The van der Waals surface area contributed by atoms with Crippen LogP contribution in [0.3, 0.4) is 0 Å². The molecule has 1 fully saturated rings. The normalized spacial score (nSPS) is 16.2. The maximum Gasteiger partial charge on any atom is 0.338 e. The molecule has 1 N–H and O–H groups in total. The summed E-state index contributed by atoms with van der Waals surface area (Å²) in [4.78, 5) is 51.8. The smallest absolute Gasteiger partial charge is 0.338 e. The summed E-state index contributed by atoms with van der Waals surface area (Å²) in [5.41, 5.74) is 2.31. The number of benzene rings is 2. The van der Waals surface area contributed by atoms with E-state index >= 15 is 0 Å². The van der Waals surface area contributed by atoms with Crippen LogP contribution in [0.5, 0.6) is 0 Å². The summed E-state index contributed by atoms with van der Waals surface area (Å²) in [5.74, 6) is -1.97. The van der Waals surface area contributed by atoms with Crippen LogP contribution >= 0.6 is 11.7 Å². The Morgan fingerprint density at radius 3 is 2.64 bits per heavy atom. The minimum Gasteiger partial charge on any atom is -0.452 e. The number of nitrogens with zero attached hydrogens (tertiary/aromatic N) is 3. The van der Waals surface area contributed by atoms with E-state index < -0.39 is 18.5 Å². The number of aromatic nitrogens is 2. The third kappa shape index (κ3) is 3.97. The first-order chi connectivity index (χ1) is 16.0. The number of esters is 1. The van der Waals surface area contributed by atoms with Gasteiger partial charge in [0, 0.05) is 6.04 Å². The first-order valence-electron chi connectivity index (χ1n) is 10.7. The van der Waals surface area contributed by atoms with E-state index in [0.29, 0.717) is 22.3 Å². The van der Waals surface area contributed by atoms with Gasteiger partial charge < -0.3 is 10.1 Å². The van der Waals surface area contributed by atoms with Crippen molar-refractivity contribution in [3.63, 3.8) is 0 Å². The summed E-state index contributed by atoms with van der Waals surface area (Å²) in [6, 6.07) is 9.41. The number of nitrogens with one attached hydrogen (secondary N) is 1. The van der Waals surface area contributed by atoms with Crippen LogP contribution in [0.2, 0.25) is 0 Å². The van der Waals surface area contributed by atoms with E-state index in [9.17, 15) is 19.2 Å². The topological polar surface area (TPSA) is 119 Å². The van der Waals surface area contributed by atoms with Crippen LogP contribution in [-0.2, 0) is 9.53 Å². The van der Waals surface area contributed by atoms with Gasteiger partial charge in [-0.1, -0.05) is 25.3 Å². The second-order valence-electron chi connectivity index (χ2n) is 8.09. The fraction of sp³-hybridized carbons (Fsp3) is 0.304. The van der Waals surface area contributed by atoms with Crippen molar-refractivity contribution >= 4 is 52.1 Å². The number of imide groups is 1. The van der Waals surface area contributed by atoms with E-state index in [1.165, 1.54) is 23.1 Å². The van der Waals surface area contributed by atoms with Crippen LogP contribution in [0.15, 0.2) is 36.4 Å². The molecule has 1 aliphatic heterocycles. The highest BCUT2D eigenvalue weighted by Gasteiger charge is 2.40. The Morgan fingerprint density at radius 1 is 1.03 bits per heavy atom. The molecule has 1 saturated carbocycles. The number of rotatable bonds is 5. The lowest BCUT2D eigenvalue weighted by Gasteiger charge is -2.29. The first-order valence-corrected chi connectivity index (χ1v) is 11.5. The Bertz CT molecular complexity index is 1280. The van der Waals surface area contributed by atoms with Crippen molar-refractivity contribution in [2.45, 2.75) is 38.1 Å². The number of amides is 3. The van der Waals surface area contributed by atoms with Crippen molar-refractivity contribution in [2.24, 2.45) is 0 Å². The summed E-state index contributed by atoms with van der Waals surface area (Å²) in [6.45, 7) is -0.509. The predicted molar refractivity (Wildman–Crippen MR) is 120 cm³/mol. The molecule has 0 radical (unpaired) electrons. The molecular weight excluding hydrogens is 444 g/mol. The van der Waals surface area contributed by atoms with E-state index in [0.717, 1.165) is 43.8 Å². The Labute approximate surface area is 193 Å². The van der Waals surface area contributed by atoms with Gasteiger partial charge in [0.1, 0.15) is 11.0 Å². The number of hydrogen-bond acceptors (Lipinski definition) is 8. The molecule has 168 valence electrons. The molecule has 0 unspecified atom stereocenters. The summed E-state index contributed by atoms with van der Waals surface area (Å²) in [6.07, 6.45) is 4.70. The Balaban J connectivity index is 1.24. The highest BCUT2D eigenvalue weighted by atomic mass is 32.1. The van der Waals surface area contributed by atoms with Gasteiger partial charge in [0.2, 0.25) is 0 Å². The monoisotopic (exact) mass is 464 g/mol. The second kappa shape index (κ2) is 8.70. The lowest BCUT2D eigenvalue weighted by atomic mass is 9.94. The standard InChI is InChI=1S/C23H20N4O5S/c28-19(24-17-7-4-8-18-20(17)26-33-25-18)12-32-23(31)13-9-10-15-16(11-13)22(30)27(21(15)29)14-5-2-1-3-6-14/h4,7-11,14H,1-3,5-6,12H2,(H,24,28). The van der Waals surface area contributed by atoms with E-state index in [1.807, 2.05) is 0 Å². The second-order valence-corrected chi connectivity index (χ2v) is 8.62. The van der Waals surface area contributed by atoms with Crippen molar-refractivity contribution in [2.75, 3.05) is 11.9 Å². The quantitative estimate of drug-likeness (QED) is 0.454. The average Bonchev–Trinajstić information content (AvgIpc) is 3.41. The summed E-state index contributed by atoms with van der Waals surface area (Å²) in [7, 11) is 0. The SMILES string of the molecule is O=C(COC(=O)c1ccc2c(c1)C(=O)N(C1CCCCC1)C2=O)Nc1cccc2nsnc12. The highest BCUT2D eigenvalue weighted by Crippen LogP contribution is 2.31. The molecule has 1 aliphatic carbocycles. The lowest BCUT2D eigenvalue weighted by Crippen LogP contribution is -2.40. The lowest BCUT2D eigenvalue weighted by molar-refractivity contribution is -0.119. The maximum atomic E-state index is 12.9. The molecule has 2 aromatic carbocycles. The zero-order valence-corrected chi connectivity index (χ0v) is 18.4. The molecule has 33 heavy (non-hydrogen) atoms. The fourth-order valence-electron chi connectivity index (χ4n) is 4.37. The molecule has 2 aliphatic rings. The molecule has 3 aromatic rings. The van der Waals surface area contributed by atoms with Crippen LogP contribution in [0.1, 0.15) is 63.2 Å². The van der Waals surface area contributed by atoms with Gasteiger partial charge in [0.15, 0.2) is 6.61 Å². The number of carbonyl (C=O) groups is 4. The third-order valence-electron chi connectivity index (χ3n) is 5.99. The molecule has 0 bridgehead atoms. The molecule has 3 amide bonds. The number of anilines is 1. The van der Waals surface area contributed by atoms with Crippen LogP contribution in [0.25, 0.3) is 11.0 Å². The molecule has 10 heteroatoms. The third-order valence-corrected chi connectivity index (χ3v) is 6.53. The average molecular weight is 465 g/mol. The number of hydrogen-bond donors (Lipinski definition) is 1. The fourth-order valence-corrected chi connectivity index (χ4v) is 4.91. The van der Waals surface area contributed by atoms with Gasteiger partial charge in [0.25, 0.3) is 17.7 Å². The van der Waals surface area contributed by atoms with Crippen LogP contribution in [0.4, 0.5) is 5.69 Å². The van der Waals surface area contributed by atoms with E-state index in [2.05, 4.69) is 14.1 Å². The number of carbonyl (C=O) groups excluding carboxylic acids is 4. The van der Waals surface area contributed by atoms with Crippen LogP contribution < -0.4 is 5.32 Å². The molecule has 1 aromatic heterocycles. The van der Waals surface area contributed by atoms with Crippen molar-refractivity contribution < 1.29 is 23.9 Å². The van der Waals surface area contributed by atoms with Gasteiger partial charge in [-0.05, 0) is 43.2 Å². The zero-order chi connectivity index (χ0) is 22.9. The first kappa shape index (κ1) is 21.2. The zero-order valence-electron chi connectivity index (χ0n) is 17.6. The van der Waals surface area contributed by atoms with Gasteiger partial charge in [-0.25, -0.2) is 4.79 Å². The molecule has 0 atom stereocenters. The van der Waals surface area contributed by atoms with E-state index in [4.69, 9.17) is 4.74 Å². The van der Waals surface area contributed by atoms with Crippen molar-refractivity contribution in [1.29, 1.82) is 0 Å². The minimum absolute atomic E-state index is 0.0948. The highest BCUT2D eigenvalue weighted by molar-refractivity contribution is 7.00. The molecule has 5 rings (SSSR count). The molecule has 0 spiro atoms. The largest absolute Gasteiger partial charge is 0.452 e. The Morgan fingerprint density at radius 2 is 1.82 bits per heavy atom. The maximum absolute atomic E-state index is 12.9. The van der Waals surface area contributed by atoms with Crippen LogP contribution in [0, 0.1) is 0 Å². The van der Waals surface area contributed by atoms with E-state index in [-0.39, 0.29) is 29.0 Å². The van der Waals surface area contributed by atoms with Crippen molar-refractivity contribution in [3.05, 3.63) is 53.1 Å².